The molecule has 3 fully saturated rings. The van der Waals surface area contributed by atoms with Gasteiger partial charge in [0.2, 0.25) is 5.91 Å². The molecule has 1 saturated heterocycles. The second-order valence-electron chi connectivity index (χ2n) is 9.56. The minimum absolute atomic E-state index is 0.0590. The summed E-state index contributed by atoms with van der Waals surface area (Å²) < 4.78 is 44.7. The van der Waals surface area contributed by atoms with E-state index in [1.807, 2.05) is 4.90 Å². The van der Waals surface area contributed by atoms with Gasteiger partial charge >= 0.3 is 6.18 Å². The predicted octanol–water partition coefficient (Wildman–Crippen LogP) is 4.36. The van der Waals surface area contributed by atoms with Gasteiger partial charge in [-0.25, -0.2) is 0 Å². The SMILES string of the molecule is COc1cc(C2CCC3(CC2)CN(C(=O)[C@H]2C[C@@](C)(O)C2)C3)cc(C(F)(F)F)c1. The summed E-state index contributed by atoms with van der Waals surface area (Å²) in [5.41, 5.74) is -0.559. The largest absolute Gasteiger partial charge is 0.497 e. The van der Waals surface area contributed by atoms with Gasteiger partial charge in [-0.1, -0.05) is 0 Å². The standard InChI is InChI=1S/C22H28F3NO3/c1-20(28)10-16(11-20)19(27)26-12-21(13-26)5-3-14(4-6-21)15-7-17(22(23,24)25)9-18(8-15)29-2/h7-9,14,16,28H,3-6,10-13H2,1-2H3/t16-,20+. The maximum Gasteiger partial charge on any atom is 0.416 e. The smallest absolute Gasteiger partial charge is 0.416 e. The molecule has 0 aromatic heterocycles. The highest BCUT2D eigenvalue weighted by Crippen LogP contribution is 2.50. The average Bonchev–Trinajstić information content (AvgIpc) is 2.62. The van der Waals surface area contributed by atoms with Crippen LogP contribution in [0.15, 0.2) is 18.2 Å². The van der Waals surface area contributed by atoms with E-state index < -0.39 is 17.3 Å². The van der Waals surface area contributed by atoms with E-state index in [4.69, 9.17) is 4.74 Å². The first kappa shape index (κ1) is 20.5. The number of hydrogen-bond donors (Lipinski definition) is 1. The lowest BCUT2D eigenvalue weighted by Gasteiger charge is -2.55. The van der Waals surface area contributed by atoms with Crippen molar-refractivity contribution in [2.24, 2.45) is 11.3 Å². The summed E-state index contributed by atoms with van der Waals surface area (Å²) in [5.74, 6) is 0.415. The Morgan fingerprint density at radius 1 is 1.17 bits per heavy atom. The second kappa shape index (κ2) is 6.89. The molecule has 2 saturated carbocycles. The minimum Gasteiger partial charge on any atom is -0.497 e. The number of rotatable bonds is 3. The lowest BCUT2D eigenvalue weighted by atomic mass is 9.63. The predicted molar refractivity (Wildman–Crippen MR) is 102 cm³/mol. The molecule has 1 amide bonds. The van der Waals surface area contributed by atoms with Crippen molar-refractivity contribution in [3.05, 3.63) is 29.3 Å². The van der Waals surface area contributed by atoms with Crippen LogP contribution in [-0.4, -0.2) is 41.7 Å². The fourth-order valence-corrected chi connectivity index (χ4v) is 5.37. The molecule has 0 radical (unpaired) electrons. The number of alkyl halides is 3. The quantitative estimate of drug-likeness (QED) is 0.804. The van der Waals surface area contributed by atoms with Crippen molar-refractivity contribution in [3.8, 4) is 5.75 Å². The Balaban J connectivity index is 1.35. The van der Waals surface area contributed by atoms with Crippen LogP contribution in [0.4, 0.5) is 13.2 Å². The molecule has 0 unspecified atom stereocenters. The van der Waals surface area contributed by atoms with Gasteiger partial charge in [0.1, 0.15) is 5.75 Å². The first-order valence-corrected chi connectivity index (χ1v) is 10.3. The molecular formula is C22H28F3NO3. The van der Waals surface area contributed by atoms with Gasteiger partial charge in [0.25, 0.3) is 0 Å². The molecule has 1 aromatic carbocycles. The van der Waals surface area contributed by atoms with Crippen LogP contribution < -0.4 is 4.74 Å². The summed E-state index contributed by atoms with van der Waals surface area (Å²) in [5, 5.41) is 9.84. The van der Waals surface area contributed by atoms with E-state index >= 15 is 0 Å². The van der Waals surface area contributed by atoms with Crippen molar-refractivity contribution in [1.82, 2.24) is 4.90 Å². The maximum atomic E-state index is 13.2. The molecule has 4 rings (SSSR count). The fraction of sp³-hybridized carbons (Fsp3) is 0.682. The highest BCUT2D eigenvalue weighted by atomic mass is 19.4. The van der Waals surface area contributed by atoms with E-state index in [0.717, 1.165) is 44.8 Å². The zero-order chi connectivity index (χ0) is 21.0. The number of likely N-dealkylation sites (tertiary alicyclic amines) is 1. The minimum atomic E-state index is -4.39. The summed E-state index contributed by atoms with van der Waals surface area (Å²) in [6.45, 7) is 3.24. The summed E-state index contributed by atoms with van der Waals surface area (Å²) in [6.07, 6.45) is 0.170. The number of carbonyl (C=O) groups excluding carboxylic acids is 1. The Hall–Kier alpha value is -1.76. The molecule has 1 heterocycles. The second-order valence-corrected chi connectivity index (χ2v) is 9.56. The van der Waals surface area contributed by atoms with Crippen LogP contribution in [0.1, 0.15) is 62.5 Å². The zero-order valence-electron chi connectivity index (χ0n) is 16.9. The Morgan fingerprint density at radius 2 is 1.79 bits per heavy atom. The van der Waals surface area contributed by atoms with E-state index in [1.165, 1.54) is 13.2 Å². The van der Waals surface area contributed by atoms with Gasteiger partial charge in [0.15, 0.2) is 0 Å². The van der Waals surface area contributed by atoms with Crippen LogP contribution in [0.2, 0.25) is 0 Å². The van der Waals surface area contributed by atoms with Crippen molar-refractivity contribution in [2.45, 2.75) is 63.1 Å². The number of halogens is 3. The zero-order valence-corrected chi connectivity index (χ0v) is 16.9. The lowest BCUT2D eigenvalue weighted by Crippen LogP contribution is -2.62. The number of amides is 1. The Kier molecular flexibility index (Phi) is 4.88. The lowest BCUT2D eigenvalue weighted by molar-refractivity contribution is -0.163. The number of carbonyl (C=O) groups is 1. The van der Waals surface area contributed by atoms with Crippen LogP contribution in [0.3, 0.4) is 0 Å². The van der Waals surface area contributed by atoms with E-state index in [1.54, 1.807) is 13.0 Å². The Bertz CT molecular complexity index is 781. The van der Waals surface area contributed by atoms with Crippen molar-refractivity contribution in [1.29, 1.82) is 0 Å². The third-order valence-corrected chi connectivity index (χ3v) is 7.10. The van der Waals surface area contributed by atoms with Gasteiger partial charge in [-0.2, -0.15) is 13.2 Å². The number of methoxy groups -OCH3 is 1. The van der Waals surface area contributed by atoms with Crippen molar-refractivity contribution in [3.63, 3.8) is 0 Å². The molecule has 160 valence electrons. The van der Waals surface area contributed by atoms with Gasteiger partial charge in [-0.15, -0.1) is 0 Å². The Morgan fingerprint density at radius 3 is 2.31 bits per heavy atom. The summed E-state index contributed by atoms with van der Waals surface area (Å²) in [6, 6.07) is 4.02. The third kappa shape index (κ3) is 3.98. The van der Waals surface area contributed by atoms with Gasteiger partial charge < -0.3 is 14.7 Å². The number of ether oxygens (including phenoxy) is 1. The molecule has 3 aliphatic rings. The molecular weight excluding hydrogens is 383 g/mol. The van der Waals surface area contributed by atoms with Crippen LogP contribution in [0, 0.1) is 11.3 Å². The molecule has 0 bridgehead atoms. The number of hydrogen-bond acceptors (Lipinski definition) is 3. The molecule has 2 aliphatic carbocycles. The van der Waals surface area contributed by atoms with Crippen molar-refractivity contribution < 1.29 is 27.8 Å². The molecule has 1 spiro atoms. The summed E-state index contributed by atoms with van der Waals surface area (Å²) in [7, 11) is 1.39. The molecule has 29 heavy (non-hydrogen) atoms. The molecule has 4 nitrogen and oxygen atoms in total. The fourth-order valence-electron chi connectivity index (χ4n) is 5.37. The molecule has 1 aliphatic heterocycles. The highest BCUT2D eigenvalue weighted by molar-refractivity contribution is 5.81. The number of benzene rings is 1. The normalized spacial score (nSPS) is 29.3. The van der Waals surface area contributed by atoms with E-state index in [2.05, 4.69) is 0 Å². The van der Waals surface area contributed by atoms with Gasteiger partial charge in [0, 0.05) is 24.4 Å². The van der Waals surface area contributed by atoms with Crippen molar-refractivity contribution >= 4 is 5.91 Å². The first-order valence-electron chi connectivity index (χ1n) is 10.3. The maximum absolute atomic E-state index is 13.2. The first-order chi connectivity index (χ1) is 13.5. The van der Waals surface area contributed by atoms with Crippen LogP contribution in [0.5, 0.6) is 5.75 Å². The number of nitrogens with zero attached hydrogens (tertiary/aromatic N) is 1. The monoisotopic (exact) mass is 411 g/mol. The average molecular weight is 411 g/mol. The van der Waals surface area contributed by atoms with Crippen LogP contribution in [0.25, 0.3) is 0 Å². The van der Waals surface area contributed by atoms with E-state index in [0.29, 0.717) is 18.4 Å². The molecule has 1 N–H and O–H groups in total. The summed E-state index contributed by atoms with van der Waals surface area (Å²) in [4.78, 5) is 14.4. The highest BCUT2D eigenvalue weighted by Gasteiger charge is 2.51. The number of aliphatic hydroxyl groups is 1. The van der Waals surface area contributed by atoms with Gasteiger partial charge in [-0.05, 0) is 75.1 Å². The van der Waals surface area contributed by atoms with Crippen molar-refractivity contribution in [2.75, 3.05) is 20.2 Å². The van der Waals surface area contributed by atoms with Crippen LogP contribution >= 0.6 is 0 Å². The topological polar surface area (TPSA) is 49.8 Å². The molecule has 7 heteroatoms. The van der Waals surface area contributed by atoms with E-state index in [9.17, 15) is 23.1 Å². The van der Waals surface area contributed by atoms with E-state index in [-0.39, 0.29) is 28.9 Å². The van der Waals surface area contributed by atoms with Crippen LogP contribution in [-0.2, 0) is 11.0 Å². The molecule has 1 aromatic rings. The Labute approximate surface area is 169 Å². The third-order valence-electron chi connectivity index (χ3n) is 7.10. The van der Waals surface area contributed by atoms with Gasteiger partial charge in [0.05, 0.1) is 18.3 Å². The molecule has 0 atom stereocenters. The summed E-state index contributed by atoms with van der Waals surface area (Å²) >= 11 is 0. The van der Waals surface area contributed by atoms with Gasteiger partial charge in [-0.3, -0.25) is 4.79 Å².